The predicted octanol–water partition coefficient (Wildman–Crippen LogP) is 2.06. The average Bonchev–Trinajstić information content (AvgIpc) is 2.90. The summed E-state index contributed by atoms with van der Waals surface area (Å²) >= 11 is 0. The van der Waals surface area contributed by atoms with Gasteiger partial charge < -0.3 is 5.11 Å². The lowest BCUT2D eigenvalue weighted by atomic mass is 10.2. The first-order valence-electron chi connectivity index (χ1n) is 5.65. The van der Waals surface area contributed by atoms with Gasteiger partial charge in [-0.15, -0.1) is 0 Å². The molecule has 17 heavy (non-hydrogen) atoms. The SMILES string of the molecule is O=C(O)c1ccc(-n2ncc3c2CCC3)cc1. The molecule has 1 aliphatic carbocycles. The lowest BCUT2D eigenvalue weighted by Crippen LogP contribution is -2.02. The molecule has 1 aromatic heterocycles. The zero-order valence-electron chi connectivity index (χ0n) is 9.26. The zero-order valence-corrected chi connectivity index (χ0v) is 9.26. The van der Waals surface area contributed by atoms with E-state index in [1.165, 1.54) is 17.7 Å². The predicted molar refractivity (Wildman–Crippen MR) is 62.5 cm³/mol. The normalized spacial score (nSPS) is 13.6. The summed E-state index contributed by atoms with van der Waals surface area (Å²) in [4.78, 5) is 10.8. The molecule has 1 heterocycles. The number of carboxylic acids is 1. The van der Waals surface area contributed by atoms with Crippen molar-refractivity contribution in [2.75, 3.05) is 0 Å². The molecule has 0 radical (unpaired) electrons. The summed E-state index contributed by atoms with van der Waals surface area (Å²) in [5.41, 5.74) is 3.80. The van der Waals surface area contributed by atoms with E-state index in [1.54, 1.807) is 24.3 Å². The van der Waals surface area contributed by atoms with Crippen molar-refractivity contribution in [2.45, 2.75) is 19.3 Å². The highest BCUT2D eigenvalue weighted by atomic mass is 16.4. The monoisotopic (exact) mass is 228 g/mol. The molecule has 0 amide bonds. The summed E-state index contributed by atoms with van der Waals surface area (Å²) in [6, 6.07) is 6.82. The van der Waals surface area contributed by atoms with Crippen molar-refractivity contribution in [3.63, 3.8) is 0 Å². The van der Waals surface area contributed by atoms with E-state index >= 15 is 0 Å². The van der Waals surface area contributed by atoms with Crippen LogP contribution >= 0.6 is 0 Å². The molecule has 0 atom stereocenters. The van der Waals surface area contributed by atoms with Gasteiger partial charge in [-0.3, -0.25) is 0 Å². The van der Waals surface area contributed by atoms with Crippen molar-refractivity contribution in [3.05, 3.63) is 47.3 Å². The number of aromatic nitrogens is 2. The van der Waals surface area contributed by atoms with E-state index in [-0.39, 0.29) is 0 Å². The Bertz CT molecular complexity index is 570. The summed E-state index contributed by atoms with van der Waals surface area (Å²) in [7, 11) is 0. The molecule has 0 saturated carbocycles. The van der Waals surface area contributed by atoms with E-state index in [1.807, 2.05) is 10.9 Å². The highest BCUT2D eigenvalue weighted by molar-refractivity contribution is 5.87. The van der Waals surface area contributed by atoms with Crippen LogP contribution < -0.4 is 0 Å². The molecule has 1 aliphatic rings. The largest absolute Gasteiger partial charge is 0.478 e. The minimum Gasteiger partial charge on any atom is -0.478 e. The number of carbonyl (C=O) groups is 1. The van der Waals surface area contributed by atoms with Crippen LogP contribution in [0.3, 0.4) is 0 Å². The second-order valence-electron chi connectivity index (χ2n) is 4.23. The number of aryl methyl sites for hydroxylation is 1. The Morgan fingerprint density at radius 3 is 2.71 bits per heavy atom. The number of nitrogens with zero attached hydrogens (tertiary/aromatic N) is 2. The third kappa shape index (κ3) is 1.62. The van der Waals surface area contributed by atoms with Crippen LogP contribution in [-0.2, 0) is 12.8 Å². The molecule has 1 aromatic carbocycles. The topological polar surface area (TPSA) is 55.1 Å². The lowest BCUT2D eigenvalue weighted by Gasteiger charge is -2.05. The van der Waals surface area contributed by atoms with Gasteiger partial charge in [-0.2, -0.15) is 5.10 Å². The smallest absolute Gasteiger partial charge is 0.335 e. The Labute approximate surface area is 98.5 Å². The van der Waals surface area contributed by atoms with Crippen molar-refractivity contribution < 1.29 is 9.90 Å². The van der Waals surface area contributed by atoms with E-state index in [0.29, 0.717) is 5.56 Å². The van der Waals surface area contributed by atoms with E-state index in [2.05, 4.69) is 5.10 Å². The molecule has 2 aromatic rings. The van der Waals surface area contributed by atoms with Crippen LogP contribution in [0.25, 0.3) is 5.69 Å². The average molecular weight is 228 g/mol. The molecule has 1 N–H and O–H groups in total. The number of benzene rings is 1. The van der Waals surface area contributed by atoms with Crippen LogP contribution in [0.15, 0.2) is 30.5 Å². The summed E-state index contributed by atoms with van der Waals surface area (Å²) in [6.45, 7) is 0. The summed E-state index contributed by atoms with van der Waals surface area (Å²) < 4.78 is 1.91. The quantitative estimate of drug-likeness (QED) is 0.856. The van der Waals surface area contributed by atoms with Gasteiger partial charge in [0.15, 0.2) is 0 Å². The molecule has 0 aliphatic heterocycles. The van der Waals surface area contributed by atoms with E-state index in [0.717, 1.165) is 18.5 Å². The van der Waals surface area contributed by atoms with Gasteiger partial charge in [0.25, 0.3) is 0 Å². The number of rotatable bonds is 2. The van der Waals surface area contributed by atoms with Gasteiger partial charge >= 0.3 is 5.97 Å². The van der Waals surface area contributed by atoms with Crippen LogP contribution in [0.4, 0.5) is 0 Å². The summed E-state index contributed by atoms with van der Waals surface area (Å²) in [5.74, 6) is -0.901. The maximum Gasteiger partial charge on any atom is 0.335 e. The Balaban J connectivity index is 2.01. The minimum absolute atomic E-state index is 0.303. The molecular weight excluding hydrogens is 216 g/mol. The zero-order chi connectivity index (χ0) is 11.8. The first-order valence-corrected chi connectivity index (χ1v) is 5.65. The summed E-state index contributed by atoms with van der Waals surface area (Å²) in [6.07, 6.45) is 5.24. The van der Waals surface area contributed by atoms with E-state index < -0.39 is 5.97 Å². The van der Waals surface area contributed by atoms with Crippen LogP contribution in [0.5, 0.6) is 0 Å². The van der Waals surface area contributed by atoms with Gasteiger partial charge in [0.2, 0.25) is 0 Å². The Morgan fingerprint density at radius 1 is 1.24 bits per heavy atom. The maximum atomic E-state index is 10.8. The van der Waals surface area contributed by atoms with Crippen LogP contribution in [0, 0.1) is 0 Å². The molecule has 4 heteroatoms. The van der Waals surface area contributed by atoms with Crippen molar-refractivity contribution >= 4 is 5.97 Å². The fraction of sp³-hybridized carbons (Fsp3) is 0.231. The number of hydrogen-bond acceptors (Lipinski definition) is 2. The molecule has 3 rings (SSSR count). The van der Waals surface area contributed by atoms with Crippen molar-refractivity contribution in [2.24, 2.45) is 0 Å². The van der Waals surface area contributed by atoms with E-state index in [9.17, 15) is 4.79 Å². The standard InChI is InChI=1S/C13H12N2O2/c16-13(17)9-4-6-11(7-5-9)15-12-3-1-2-10(12)8-14-15/h4-8H,1-3H2,(H,16,17). The molecule has 0 fully saturated rings. The maximum absolute atomic E-state index is 10.8. The first kappa shape index (κ1) is 10.1. The Hall–Kier alpha value is -2.10. The number of carboxylic acid groups (broad SMARTS) is 1. The molecule has 0 spiro atoms. The van der Waals surface area contributed by atoms with Gasteiger partial charge in [0, 0.05) is 5.69 Å². The fourth-order valence-electron chi connectivity index (χ4n) is 2.30. The van der Waals surface area contributed by atoms with Crippen LogP contribution in [0.1, 0.15) is 28.0 Å². The van der Waals surface area contributed by atoms with Crippen molar-refractivity contribution in [1.82, 2.24) is 9.78 Å². The van der Waals surface area contributed by atoms with Gasteiger partial charge in [-0.05, 0) is 49.1 Å². The Morgan fingerprint density at radius 2 is 2.00 bits per heavy atom. The second kappa shape index (κ2) is 3.73. The molecule has 86 valence electrons. The fourth-order valence-corrected chi connectivity index (χ4v) is 2.30. The van der Waals surface area contributed by atoms with Gasteiger partial charge in [0.05, 0.1) is 17.4 Å². The highest BCUT2D eigenvalue weighted by Crippen LogP contribution is 2.24. The van der Waals surface area contributed by atoms with E-state index in [4.69, 9.17) is 5.11 Å². The van der Waals surface area contributed by atoms with Crippen molar-refractivity contribution in [3.8, 4) is 5.69 Å². The van der Waals surface area contributed by atoms with Gasteiger partial charge in [-0.1, -0.05) is 0 Å². The molecule has 0 bridgehead atoms. The van der Waals surface area contributed by atoms with Gasteiger partial charge in [-0.25, -0.2) is 9.48 Å². The Kier molecular flexibility index (Phi) is 2.21. The number of aromatic carboxylic acids is 1. The molecule has 0 saturated heterocycles. The summed E-state index contributed by atoms with van der Waals surface area (Å²) in [5, 5.41) is 13.2. The first-order chi connectivity index (χ1) is 8.25. The minimum atomic E-state index is -0.901. The second-order valence-corrected chi connectivity index (χ2v) is 4.23. The van der Waals surface area contributed by atoms with Crippen LogP contribution in [-0.4, -0.2) is 20.9 Å². The van der Waals surface area contributed by atoms with Crippen LogP contribution in [0.2, 0.25) is 0 Å². The third-order valence-electron chi connectivity index (χ3n) is 3.17. The molecule has 4 nitrogen and oxygen atoms in total. The third-order valence-corrected chi connectivity index (χ3v) is 3.17. The van der Waals surface area contributed by atoms with Crippen molar-refractivity contribution in [1.29, 1.82) is 0 Å². The van der Waals surface area contributed by atoms with Gasteiger partial charge in [0.1, 0.15) is 0 Å². The highest BCUT2D eigenvalue weighted by Gasteiger charge is 2.17. The lowest BCUT2D eigenvalue weighted by molar-refractivity contribution is 0.0697. The number of hydrogen-bond donors (Lipinski definition) is 1. The molecular formula is C13H12N2O2. The number of fused-ring (bicyclic) bond motifs is 1. The molecule has 0 unspecified atom stereocenters.